The van der Waals surface area contributed by atoms with Crippen molar-refractivity contribution in [3.05, 3.63) is 58.9 Å². The summed E-state index contributed by atoms with van der Waals surface area (Å²) in [6, 6.07) is 9.39. The summed E-state index contributed by atoms with van der Waals surface area (Å²) in [5, 5.41) is 14.8. The highest BCUT2D eigenvalue weighted by atomic mass is 35.5. The Labute approximate surface area is 233 Å². The number of halogens is 7. The van der Waals surface area contributed by atoms with Gasteiger partial charge in [0, 0.05) is 42.6 Å². The van der Waals surface area contributed by atoms with Crippen molar-refractivity contribution in [3.63, 3.8) is 0 Å². The number of amides is 1. The molecule has 0 bridgehead atoms. The molecule has 2 aromatic rings. The van der Waals surface area contributed by atoms with Crippen LogP contribution < -0.4 is 4.74 Å². The summed E-state index contributed by atoms with van der Waals surface area (Å²) in [4.78, 5) is 36.2. The molecular formula is C23H23ClF6N2O7S. The lowest BCUT2D eigenvalue weighted by atomic mass is 10.0. The minimum atomic E-state index is -5.08. The molecule has 2 heterocycles. The molecule has 0 aliphatic carbocycles. The monoisotopic (exact) mass is 620 g/mol. The zero-order chi connectivity index (χ0) is 30.5. The summed E-state index contributed by atoms with van der Waals surface area (Å²) >= 11 is 8.19. The van der Waals surface area contributed by atoms with Crippen LogP contribution >= 0.6 is 23.4 Å². The van der Waals surface area contributed by atoms with Crippen LogP contribution in [0.3, 0.4) is 0 Å². The standard InChI is InChI=1S/C19H21ClN2O3S.2C2HF3O2/c1-24-15-4-2-14(3-5-15)19(16-6-7-21-12-17(16)20)25-13-18(23)22-8-10-26-11-9-22;2*3-2(4,5)1(6)7/h2-7,12,19H,8-11,13H2,1H3;2*(H,6,7). The molecule has 3 rings (SSSR count). The summed E-state index contributed by atoms with van der Waals surface area (Å²) in [6.07, 6.45) is -7.36. The fraction of sp³-hybridized carbons (Fsp3) is 0.391. The number of pyridine rings is 1. The second-order valence-corrected chi connectivity index (χ2v) is 9.09. The van der Waals surface area contributed by atoms with Gasteiger partial charge in [-0.1, -0.05) is 23.7 Å². The van der Waals surface area contributed by atoms with Gasteiger partial charge in [-0.3, -0.25) is 9.78 Å². The number of nitrogens with zero attached hydrogens (tertiary/aromatic N) is 2. The minimum Gasteiger partial charge on any atom is -0.497 e. The molecule has 1 aliphatic rings. The summed E-state index contributed by atoms with van der Waals surface area (Å²) in [5.74, 6) is -2.79. The van der Waals surface area contributed by atoms with Gasteiger partial charge in [-0.15, -0.1) is 0 Å². The topological polar surface area (TPSA) is 126 Å². The largest absolute Gasteiger partial charge is 0.497 e. The number of alkyl halides is 6. The van der Waals surface area contributed by atoms with Crippen molar-refractivity contribution >= 4 is 41.2 Å². The minimum absolute atomic E-state index is 0.00832. The van der Waals surface area contributed by atoms with E-state index in [1.165, 1.54) is 0 Å². The van der Waals surface area contributed by atoms with Crippen molar-refractivity contribution in [2.24, 2.45) is 0 Å². The van der Waals surface area contributed by atoms with Gasteiger partial charge in [0.15, 0.2) is 0 Å². The lowest BCUT2D eigenvalue weighted by Crippen LogP contribution is -2.40. The number of methoxy groups -OCH3 is 1. The number of hydrogen-bond donors (Lipinski definition) is 2. The molecule has 1 atom stereocenters. The third-order valence-corrected chi connectivity index (χ3v) is 5.99. The van der Waals surface area contributed by atoms with Gasteiger partial charge in [0.05, 0.1) is 12.1 Å². The van der Waals surface area contributed by atoms with Gasteiger partial charge < -0.3 is 24.6 Å². The Morgan fingerprint density at radius 2 is 1.50 bits per heavy atom. The molecule has 1 saturated heterocycles. The number of hydrogen-bond acceptors (Lipinski definition) is 7. The highest BCUT2D eigenvalue weighted by Crippen LogP contribution is 2.32. The Kier molecular flexibility index (Phi) is 14.0. The first kappa shape index (κ1) is 34.8. The van der Waals surface area contributed by atoms with Gasteiger partial charge in [-0.25, -0.2) is 9.59 Å². The maximum Gasteiger partial charge on any atom is 0.490 e. The molecule has 1 amide bonds. The predicted molar refractivity (Wildman–Crippen MR) is 131 cm³/mol. The van der Waals surface area contributed by atoms with E-state index in [1.54, 1.807) is 19.5 Å². The van der Waals surface area contributed by atoms with Gasteiger partial charge in [-0.2, -0.15) is 38.1 Å². The number of carboxylic acids is 2. The van der Waals surface area contributed by atoms with Crippen LogP contribution in [0.2, 0.25) is 5.02 Å². The van der Waals surface area contributed by atoms with E-state index in [-0.39, 0.29) is 12.5 Å². The van der Waals surface area contributed by atoms with E-state index in [9.17, 15) is 31.1 Å². The number of thioether (sulfide) groups is 1. The van der Waals surface area contributed by atoms with Crippen molar-refractivity contribution in [3.8, 4) is 5.75 Å². The zero-order valence-corrected chi connectivity index (χ0v) is 22.1. The van der Waals surface area contributed by atoms with Crippen LogP contribution in [0, 0.1) is 0 Å². The molecule has 0 radical (unpaired) electrons. The lowest BCUT2D eigenvalue weighted by molar-refractivity contribution is -0.193. The second kappa shape index (κ2) is 16.1. The predicted octanol–water partition coefficient (Wildman–Crippen LogP) is 4.69. The molecule has 1 unspecified atom stereocenters. The van der Waals surface area contributed by atoms with Crippen LogP contribution in [0.1, 0.15) is 17.2 Å². The molecule has 222 valence electrons. The Balaban J connectivity index is 0.000000473. The number of aromatic nitrogens is 1. The van der Waals surface area contributed by atoms with Crippen LogP contribution in [0.25, 0.3) is 0 Å². The van der Waals surface area contributed by atoms with Gasteiger partial charge in [-0.05, 0) is 23.8 Å². The van der Waals surface area contributed by atoms with Crippen molar-refractivity contribution in [1.82, 2.24) is 9.88 Å². The van der Waals surface area contributed by atoms with Crippen molar-refractivity contribution < 1.29 is 60.4 Å². The Morgan fingerprint density at radius 1 is 1.00 bits per heavy atom. The maximum atomic E-state index is 12.5. The van der Waals surface area contributed by atoms with Crippen molar-refractivity contribution in [2.75, 3.05) is 38.3 Å². The van der Waals surface area contributed by atoms with E-state index in [0.717, 1.165) is 41.5 Å². The summed E-state index contributed by atoms with van der Waals surface area (Å²) < 4.78 is 74.7. The van der Waals surface area contributed by atoms with Gasteiger partial charge in [0.1, 0.15) is 18.5 Å². The average Bonchev–Trinajstić information content (AvgIpc) is 2.90. The molecule has 40 heavy (non-hydrogen) atoms. The summed E-state index contributed by atoms with van der Waals surface area (Å²) in [6.45, 7) is 1.56. The number of rotatable bonds is 6. The molecule has 2 N–H and O–H groups in total. The smallest absolute Gasteiger partial charge is 0.490 e. The molecule has 0 saturated carbocycles. The molecule has 1 aliphatic heterocycles. The SMILES string of the molecule is COc1ccc(C(OCC(=O)N2CCSCC2)c2ccncc2Cl)cc1.O=C(O)C(F)(F)F.O=C(O)C(F)(F)F. The Morgan fingerprint density at radius 3 is 1.93 bits per heavy atom. The number of aliphatic carboxylic acids is 2. The van der Waals surface area contributed by atoms with Crippen LogP contribution in [-0.4, -0.2) is 88.6 Å². The fourth-order valence-corrected chi connectivity index (χ4v) is 3.92. The molecule has 0 spiro atoms. The van der Waals surface area contributed by atoms with E-state index < -0.39 is 30.4 Å². The quantitative estimate of drug-likeness (QED) is 0.442. The van der Waals surface area contributed by atoms with Gasteiger partial charge in [0.25, 0.3) is 0 Å². The number of carboxylic acid groups (broad SMARTS) is 2. The molecular weight excluding hydrogens is 598 g/mol. The highest BCUT2D eigenvalue weighted by Gasteiger charge is 2.38. The summed E-state index contributed by atoms with van der Waals surface area (Å²) in [5.41, 5.74) is 1.69. The highest BCUT2D eigenvalue weighted by molar-refractivity contribution is 7.99. The normalized spacial score (nSPS) is 14.1. The maximum absolute atomic E-state index is 12.5. The molecule has 17 heteroatoms. The van der Waals surface area contributed by atoms with E-state index in [1.807, 2.05) is 47.0 Å². The lowest BCUT2D eigenvalue weighted by Gasteiger charge is -2.27. The summed E-state index contributed by atoms with van der Waals surface area (Å²) in [7, 11) is 1.62. The first-order valence-corrected chi connectivity index (χ1v) is 12.4. The van der Waals surface area contributed by atoms with E-state index in [4.69, 9.17) is 40.9 Å². The first-order chi connectivity index (χ1) is 18.6. The molecule has 1 aromatic carbocycles. The number of carbonyl (C=O) groups is 3. The number of carbonyl (C=O) groups excluding carboxylic acids is 1. The third kappa shape index (κ3) is 12.3. The molecule has 1 aromatic heterocycles. The molecule has 9 nitrogen and oxygen atoms in total. The van der Waals surface area contributed by atoms with E-state index >= 15 is 0 Å². The van der Waals surface area contributed by atoms with Crippen LogP contribution in [-0.2, 0) is 19.1 Å². The first-order valence-electron chi connectivity index (χ1n) is 10.9. The third-order valence-electron chi connectivity index (χ3n) is 4.73. The molecule has 1 fully saturated rings. The zero-order valence-electron chi connectivity index (χ0n) is 20.5. The fourth-order valence-electron chi connectivity index (χ4n) is 2.80. The number of benzene rings is 1. The van der Waals surface area contributed by atoms with Gasteiger partial charge in [0.2, 0.25) is 5.91 Å². The number of ether oxygens (including phenoxy) is 2. The van der Waals surface area contributed by atoms with Gasteiger partial charge >= 0.3 is 24.3 Å². The van der Waals surface area contributed by atoms with Crippen LogP contribution in [0.5, 0.6) is 5.75 Å². The van der Waals surface area contributed by atoms with Crippen LogP contribution in [0.15, 0.2) is 42.7 Å². The van der Waals surface area contributed by atoms with Crippen molar-refractivity contribution in [2.45, 2.75) is 18.5 Å². The Hall–Kier alpha value is -3.24. The Bertz CT molecular complexity index is 1090. The van der Waals surface area contributed by atoms with Crippen molar-refractivity contribution in [1.29, 1.82) is 0 Å². The van der Waals surface area contributed by atoms with E-state index in [2.05, 4.69) is 4.98 Å². The van der Waals surface area contributed by atoms with E-state index in [0.29, 0.717) is 5.02 Å². The second-order valence-electron chi connectivity index (χ2n) is 7.46. The van der Waals surface area contributed by atoms with Crippen LogP contribution in [0.4, 0.5) is 26.3 Å². The average molecular weight is 621 g/mol.